The molecule has 4 rings (SSSR count). The third-order valence-corrected chi connectivity index (χ3v) is 9.16. The fourth-order valence-corrected chi connectivity index (χ4v) is 6.53. The van der Waals surface area contributed by atoms with Gasteiger partial charge in [0.15, 0.2) is 0 Å². The van der Waals surface area contributed by atoms with Crippen LogP contribution in [0.1, 0.15) is 90.2 Å². The second-order valence-electron chi connectivity index (χ2n) is 10.7. The van der Waals surface area contributed by atoms with Crippen molar-refractivity contribution in [1.82, 2.24) is 0 Å². The van der Waals surface area contributed by atoms with Crippen LogP contribution >= 0.6 is 31.9 Å². The van der Waals surface area contributed by atoms with Crippen molar-refractivity contribution < 1.29 is 9.59 Å². The Morgan fingerprint density at radius 1 is 0.658 bits per heavy atom. The molecular weight excluding hydrogens is 604 g/mol. The van der Waals surface area contributed by atoms with Crippen molar-refractivity contribution in [2.45, 2.75) is 79.1 Å². The summed E-state index contributed by atoms with van der Waals surface area (Å²) in [7, 11) is 0. The monoisotopic (exact) mass is 642 g/mol. The number of amides is 2. The maximum Gasteiger partial charge on any atom is 0.259 e. The van der Waals surface area contributed by atoms with Crippen LogP contribution in [0, 0.1) is 11.8 Å². The molecular formula is C32H40Br2N2O2. The molecule has 0 N–H and O–H groups in total. The highest BCUT2D eigenvalue weighted by Gasteiger charge is 2.43. The number of nitrogens with zero attached hydrogens (tertiary/aromatic N) is 2. The average molecular weight is 644 g/mol. The van der Waals surface area contributed by atoms with E-state index in [4.69, 9.17) is 0 Å². The van der Waals surface area contributed by atoms with Gasteiger partial charge in [-0.15, -0.1) is 0 Å². The summed E-state index contributed by atoms with van der Waals surface area (Å²) in [5.74, 6) is 0.756. The van der Waals surface area contributed by atoms with Gasteiger partial charge >= 0.3 is 0 Å². The van der Waals surface area contributed by atoms with Gasteiger partial charge in [0.05, 0.1) is 22.5 Å². The van der Waals surface area contributed by atoms with Crippen LogP contribution in [0.2, 0.25) is 0 Å². The van der Waals surface area contributed by atoms with E-state index in [2.05, 4.69) is 59.6 Å². The summed E-state index contributed by atoms with van der Waals surface area (Å²) >= 11 is 7.24. The molecule has 0 radical (unpaired) electrons. The van der Waals surface area contributed by atoms with Crippen molar-refractivity contribution in [2.75, 3.05) is 22.9 Å². The zero-order valence-electron chi connectivity index (χ0n) is 23.2. The SMILES string of the molecule is CCCCC(CC)CN1C(=O)/C(=C2/C(=O)N(CC(CC)CCCC)c3ccc(Br)cc32)c2cc(Br)ccc21. The Bertz CT molecular complexity index is 1130. The summed E-state index contributed by atoms with van der Waals surface area (Å²) in [6, 6.07) is 12.0. The number of fused-ring (bicyclic) bond motifs is 2. The summed E-state index contributed by atoms with van der Waals surface area (Å²) in [4.78, 5) is 32.3. The Labute approximate surface area is 245 Å². The molecule has 6 heteroatoms. The smallest absolute Gasteiger partial charge is 0.259 e. The van der Waals surface area contributed by atoms with E-state index in [1.807, 2.05) is 46.2 Å². The van der Waals surface area contributed by atoms with Crippen LogP contribution in [-0.4, -0.2) is 24.9 Å². The third-order valence-electron chi connectivity index (χ3n) is 8.17. The maximum absolute atomic E-state index is 14.2. The summed E-state index contributed by atoms with van der Waals surface area (Å²) in [5.41, 5.74) is 4.61. The molecule has 204 valence electrons. The molecule has 0 fully saturated rings. The number of carbonyl (C=O) groups is 2. The van der Waals surface area contributed by atoms with E-state index >= 15 is 0 Å². The van der Waals surface area contributed by atoms with Crippen LogP contribution in [0.5, 0.6) is 0 Å². The number of halogens is 2. The highest BCUT2D eigenvalue weighted by Crippen LogP contribution is 2.48. The average Bonchev–Trinajstić information content (AvgIpc) is 3.32. The minimum atomic E-state index is -0.0535. The predicted molar refractivity (Wildman–Crippen MR) is 166 cm³/mol. The molecule has 2 aliphatic rings. The van der Waals surface area contributed by atoms with Crippen LogP contribution in [0.25, 0.3) is 11.1 Å². The molecule has 0 saturated carbocycles. The molecule has 2 aliphatic heterocycles. The van der Waals surface area contributed by atoms with Crippen LogP contribution in [-0.2, 0) is 9.59 Å². The van der Waals surface area contributed by atoms with Crippen molar-refractivity contribution in [3.05, 3.63) is 56.5 Å². The maximum atomic E-state index is 14.2. The van der Waals surface area contributed by atoms with Crippen molar-refractivity contribution in [3.63, 3.8) is 0 Å². The topological polar surface area (TPSA) is 40.6 Å². The minimum Gasteiger partial charge on any atom is -0.307 e. The van der Waals surface area contributed by atoms with Crippen molar-refractivity contribution in [2.24, 2.45) is 11.8 Å². The molecule has 0 aromatic heterocycles. The Morgan fingerprint density at radius 2 is 1.05 bits per heavy atom. The molecule has 2 unspecified atom stereocenters. The van der Waals surface area contributed by atoms with E-state index in [0.717, 1.165) is 82.8 Å². The lowest BCUT2D eigenvalue weighted by Gasteiger charge is -2.24. The molecule has 0 spiro atoms. The van der Waals surface area contributed by atoms with Crippen LogP contribution in [0.4, 0.5) is 11.4 Å². The molecule has 2 atom stereocenters. The van der Waals surface area contributed by atoms with E-state index in [9.17, 15) is 9.59 Å². The number of hydrogen-bond donors (Lipinski definition) is 0. The van der Waals surface area contributed by atoms with Crippen molar-refractivity contribution in [1.29, 1.82) is 0 Å². The standard InChI is InChI=1S/C32H40Br2N2O2/c1-5-9-11-21(7-3)19-35-27-15-13-23(33)17-25(27)29(31(35)37)30-26-18-24(34)14-16-28(26)36(32(30)38)20-22(8-4)12-10-6-2/h13-18,21-22H,5-12,19-20H2,1-4H3/b30-29+. The molecule has 0 bridgehead atoms. The molecule has 0 saturated heterocycles. The van der Waals surface area contributed by atoms with Gasteiger partial charge in [0.25, 0.3) is 11.8 Å². The Kier molecular flexibility index (Phi) is 9.91. The quantitative estimate of drug-likeness (QED) is 0.216. The second-order valence-corrected chi connectivity index (χ2v) is 12.6. The van der Waals surface area contributed by atoms with Crippen LogP contribution < -0.4 is 9.80 Å². The predicted octanol–water partition coefficient (Wildman–Crippen LogP) is 9.25. The lowest BCUT2D eigenvalue weighted by molar-refractivity contribution is -0.114. The molecule has 2 amide bonds. The van der Waals surface area contributed by atoms with E-state index in [1.54, 1.807) is 0 Å². The molecule has 2 aromatic rings. The first-order chi connectivity index (χ1) is 18.3. The number of anilines is 2. The van der Waals surface area contributed by atoms with Gasteiger partial charge in [-0.2, -0.15) is 0 Å². The number of unbranched alkanes of at least 4 members (excludes halogenated alkanes) is 2. The fraction of sp³-hybridized carbons (Fsp3) is 0.500. The molecule has 0 aliphatic carbocycles. The van der Waals surface area contributed by atoms with Crippen molar-refractivity contribution in [3.8, 4) is 0 Å². The number of hydrogen-bond acceptors (Lipinski definition) is 2. The first kappa shape index (κ1) is 29.1. The summed E-state index contributed by atoms with van der Waals surface area (Å²) < 4.78 is 1.81. The van der Waals surface area contributed by atoms with Gasteiger partial charge < -0.3 is 9.80 Å². The van der Waals surface area contributed by atoms with E-state index in [1.165, 1.54) is 0 Å². The summed E-state index contributed by atoms with van der Waals surface area (Å²) in [5, 5.41) is 0. The fourth-order valence-electron chi connectivity index (χ4n) is 5.80. The van der Waals surface area contributed by atoms with Gasteiger partial charge in [-0.05, 0) is 61.1 Å². The normalized spacial score (nSPS) is 18.3. The lowest BCUT2D eigenvalue weighted by atomic mass is 9.96. The van der Waals surface area contributed by atoms with Crippen LogP contribution in [0.3, 0.4) is 0 Å². The minimum absolute atomic E-state index is 0.0535. The second kappa shape index (κ2) is 13.0. The van der Waals surface area contributed by atoms with Gasteiger partial charge in [0, 0.05) is 33.2 Å². The highest BCUT2D eigenvalue weighted by molar-refractivity contribution is 9.10. The molecule has 4 nitrogen and oxygen atoms in total. The number of carbonyl (C=O) groups excluding carboxylic acids is 2. The van der Waals surface area contributed by atoms with E-state index in [-0.39, 0.29) is 11.8 Å². The molecule has 2 heterocycles. The Hall–Kier alpha value is -1.92. The Balaban J connectivity index is 1.82. The van der Waals surface area contributed by atoms with Gasteiger partial charge in [-0.3, -0.25) is 9.59 Å². The van der Waals surface area contributed by atoms with Crippen LogP contribution in [0.15, 0.2) is 45.3 Å². The van der Waals surface area contributed by atoms with E-state index in [0.29, 0.717) is 36.1 Å². The molecule has 2 aromatic carbocycles. The molecule has 38 heavy (non-hydrogen) atoms. The largest absolute Gasteiger partial charge is 0.307 e. The first-order valence-corrected chi connectivity index (χ1v) is 15.9. The van der Waals surface area contributed by atoms with E-state index < -0.39 is 0 Å². The third kappa shape index (κ3) is 5.82. The van der Waals surface area contributed by atoms with Crippen molar-refractivity contribution >= 4 is 66.2 Å². The zero-order valence-corrected chi connectivity index (χ0v) is 26.3. The van der Waals surface area contributed by atoms with Gasteiger partial charge in [-0.1, -0.05) is 98.1 Å². The Morgan fingerprint density at radius 3 is 1.39 bits per heavy atom. The number of benzene rings is 2. The first-order valence-electron chi connectivity index (χ1n) is 14.3. The van der Waals surface area contributed by atoms with Gasteiger partial charge in [0.2, 0.25) is 0 Å². The van der Waals surface area contributed by atoms with Gasteiger partial charge in [0.1, 0.15) is 0 Å². The summed E-state index contributed by atoms with van der Waals surface area (Å²) in [6.07, 6.45) is 8.88. The van der Waals surface area contributed by atoms with Gasteiger partial charge in [-0.25, -0.2) is 0 Å². The highest BCUT2D eigenvalue weighted by atomic mass is 79.9. The zero-order chi connectivity index (χ0) is 27.4. The lowest BCUT2D eigenvalue weighted by Crippen LogP contribution is -2.34. The summed E-state index contributed by atoms with van der Waals surface area (Å²) in [6.45, 7) is 10.2. The number of rotatable bonds is 12.